The molecule has 3 heteroatoms. The first-order valence-electron chi connectivity index (χ1n) is 8.44. The summed E-state index contributed by atoms with van der Waals surface area (Å²) in [5.41, 5.74) is 5.18. The molecule has 0 atom stereocenters. The molecule has 128 valence electrons. The van der Waals surface area contributed by atoms with E-state index in [9.17, 15) is 4.79 Å². The zero-order chi connectivity index (χ0) is 18.0. The Morgan fingerprint density at radius 2 is 1.72 bits per heavy atom. The highest BCUT2D eigenvalue weighted by molar-refractivity contribution is 5.94. The van der Waals surface area contributed by atoms with Crippen molar-refractivity contribution in [1.29, 1.82) is 0 Å². The third-order valence-corrected chi connectivity index (χ3v) is 4.37. The average Bonchev–Trinajstić information content (AvgIpc) is 2.60. The molecule has 3 aromatic rings. The number of carbonyl (C=O) groups excluding carboxylic acids is 1. The monoisotopic (exact) mass is 333 g/mol. The molecule has 0 radical (unpaired) electrons. The van der Waals surface area contributed by atoms with Crippen molar-refractivity contribution in [3.8, 4) is 0 Å². The van der Waals surface area contributed by atoms with Crippen LogP contribution >= 0.6 is 0 Å². The van der Waals surface area contributed by atoms with Crippen LogP contribution in [0, 0.1) is 0 Å². The van der Waals surface area contributed by atoms with E-state index in [-0.39, 0.29) is 11.4 Å². The molecule has 0 aliphatic rings. The Morgan fingerprint density at radius 3 is 2.36 bits per heavy atom. The summed E-state index contributed by atoms with van der Waals surface area (Å²) in [5, 5.41) is 0.940. The number of hydrogen-bond donors (Lipinski definition) is 0. The third kappa shape index (κ3) is 3.87. The van der Waals surface area contributed by atoms with Crippen molar-refractivity contribution in [3.05, 3.63) is 77.0 Å². The van der Waals surface area contributed by atoms with Gasteiger partial charge in [-0.3, -0.25) is 4.98 Å². The molecule has 0 bridgehead atoms. The molecule has 0 saturated heterocycles. The lowest BCUT2D eigenvalue weighted by molar-refractivity contribution is 0.0601. The van der Waals surface area contributed by atoms with Gasteiger partial charge in [0.25, 0.3) is 0 Å². The molecule has 3 rings (SSSR count). The fraction of sp³-hybridized carbons (Fsp3) is 0.273. The lowest BCUT2D eigenvalue weighted by Crippen LogP contribution is -2.10. The van der Waals surface area contributed by atoms with Gasteiger partial charge in [0.2, 0.25) is 0 Å². The number of hydrogen-bond acceptors (Lipinski definition) is 3. The number of pyridine rings is 1. The van der Waals surface area contributed by atoms with Crippen LogP contribution in [0.15, 0.2) is 54.6 Å². The first kappa shape index (κ1) is 17.2. The van der Waals surface area contributed by atoms with Crippen molar-refractivity contribution < 1.29 is 9.53 Å². The Labute approximate surface area is 148 Å². The molecule has 0 unspecified atom stereocenters. The van der Waals surface area contributed by atoms with Gasteiger partial charge >= 0.3 is 5.97 Å². The number of fused-ring (bicyclic) bond motifs is 1. The third-order valence-electron chi connectivity index (χ3n) is 4.37. The van der Waals surface area contributed by atoms with Crippen LogP contribution in [0.3, 0.4) is 0 Å². The lowest BCUT2D eigenvalue weighted by atomic mass is 9.86. The molecule has 3 nitrogen and oxygen atoms in total. The topological polar surface area (TPSA) is 39.2 Å². The summed E-state index contributed by atoms with van der Waals surface area (Å²) >= 11 is 0. The van der Waals surface area contributed by atoms with Crippen molar-refractivity contribution in [2.75, 3.05) is 7.11 Å². The van der Waals surface area contributed by atoms with Crippen LogP contribution < -0.4 is 0 Å². The van der Waals surface area contributed by atoms with Gasteiger partial charge in [0.1, 0.15) is 0 Å². The number of esters is 1. The van der Waals surface area contributed by atoms with Crippen LogP contribution in [0.4, 0.5) is 0 Å². The smallest absolute Gasteiger partial charge is 0.337 e. The summed E-state index contributed by atoms with van der Waals surface area (Å²) in [6.45, 7) is 6.65. The van der Waals surface area contributed by atoms with Crippen LogP contribution in [-0.4, -0.2) is 18.1 Å². The van der Waals surface area contributed by atoms with Crippen LogP contribution in [0.25, 0.3) is 10.9 Å². The zero-order valence-corrected chi connectivity index (χ0v) is 15.2. The summed E-state index contributed by atoms with van der Waals surface area (Å²) < 4.78 is 4.76. The number of carbonyl (C=O) groups is 1. The van der Waals surface area contributed by atoms with Gasteiger partial charge in [-0.05, 0) is 40.8 Å². The minimum atomic E-state index is -0.329. The van der Waals surface area contributed by atoms with Gasteiger partial charge in [-0.25, -0.2) is 4.79 Å². The highest BCUT2D eigenvalue weighted by Crippen LogP contribution is 2.23. The molecule has 0 amide bonds. The van der Waals surface area contributed by atoms with E-state index in [4.69, 9.17) is 9.72 Å². The minimum Gasteiger partial charge on any atom is -0.465 e. The minimum absolute atomic E-state index is 0.164. The van der Waals surface area contributed by atoms with E-state index in [1.54, 1.807) is 6.07 Å². The average molecular weight is 333 g/mol. The van der Waals surface area contributed by atoms with Crippen molar-refractivity contribution in [2.45, 2.75) is 32.6 Å². The van der Waals surface area contributed by atoms with Crippen LogP contribution in [0.1, 0.15) is 48.0 Å². The van der Waals surface area contributed by atoms with Gasteiger partial charge in [-0.2, -0.15) is 0 Å². The maximum Gasteiger partial charge on any atom is 0.337 e. The summed E-state index contributed by atoms with van der Waals surface area (Å²) in [5.74, 6) is -0.329. The van der Waals surface area contributed by atoms with Gasteiger partial charge in [0, 0.05) is 17.5 Å². The molecule has 2 aromatic carbocycles. The van der Waals surface area contributed by atoms with Crippen molar-refractivity contribution >= 4 is 16.9 Å². The van der Waals surface area contributed by atoms with Crippen LogP contribution in [0.5, 0.6) is 0 Å². The molecule has 25 heavy (non-hydrogen) atoms. The second-order valence-corrected chi connectivity index (χ2v) is 7.33. The molecule has 0 spiro atoms. The molecule has 0 aliphatic carbocycles. The van der Waals surface area contributed by atoms with E-state index in [0.29, 0.717) is 5.56 Å². The quantitative estimate of drug-likeness (QED) is 0.639. The highest BCUT2D eigenvalue weighted by atomic mass is 16.5. The van der Waals surface area contributed by atoms with Crippen LogP contribution in [0.2, 0.25) is 0 Å². The van der Waals surface area contributed by atoms with Gasteiger partial charge < -0.3 is 4.74 Å². The Hall–Kier alpha value is -2.68. The lowest BCUT2D eigenvalue weighted by Gasteiger charge is -2.19. The molecular formula is C22H23NO2. The van der Waals surface area contributed by atoms with E-state index < -0.39 is 0 Å². The van der Waals surface area contributed by atoms with Gasteiger partial charge in [-0.15, -0.1) is 0 Å². The first-order valence-corrected chi connectivity index (χ1v) is 8.44. The van der Waals surface area contributed by atoms with E-state index >= 15 is 0 Å². The molecule has 1 heterocycles. The van der Waals surface area contributed by atoms with Gasteiger partial charge in [-0.1, -0.05) is 51.1 Å². The zero-order valence-electron chi connectivity index (χ0n) is 15.2. The number of nitrogens with zero attached hydrogens (tertiary/aromatic N) is 1. The largest absolute Gasteiger partial charge is 0.465 e. The van der Waals surface area contributed by atoms with E-state index in [1.165, 1.54) is 18.2 Å². The Balaban J connectivity index is 1.83. The fourth-order valence-electron chi connectivity index (χ4n) is 2.84. The van der Waals surface area contributed by atoms with Crippen molar-refractivity contribution in [1.82, 2.24) is 4.98 Å². The predicted molar refractivity (Wildman–Crippen MR) is 101 cm³/mol. The van der Waals surface area contributed by atoms with Gasteiger partial charge in [0.15, 0.2) is 0 Å². The molecule has 0 N–H and O–H groups in total. The first-order chi connectivity index (χ1) is 11.9. The number of ether oxygens (including phenoxy) is 1. The Bertz CT molecular complexity index is 905. The standard InChI is InChI=1S/C22H23NO2/c1-22(2,3)18-9-5-15(6-10-18)13-19-11-7-16-14-17(21(24)25-4)8-12-20(16)23-19/h5-12,14H,13H2,1-4H3. The predicted octanol–water partition coefficient (Wildman–Crippen LogP) is 4.91. The van der Waals surface area contributed by atoms with Crippen LogP contribution in [-0.2, 0) is 16.6 Å². The summed E-state index contributed by atoms with van der Waals surface area (Å²) in [7, 11) is 1.39. The summed E-state index contributed by atoms with van der Waals surface area (Å²) in [6, 6.07) is 18.2. The van der Waals surface area contributed by atoms with Crippen molar-refractivity contribution in [3.63, 3.8) is 0 Å². The second kappa shape index (κ2) is 6.67. The molecule has 0 fully saturated rings. The van der Waals surface area contributed by atoms with E-state index in [0.717, 1.165) is 23.0 Å². The fourth-order valence-corrected chi connectivity index (χ4v) is 2.84. The SMILES string of the molecule is COC(=O)c1ccc2nc(Cc3ccc(C(C)(C)C)cc3)ccc2c1. The normalized spacial score (nSPS) is 11.5. The van der Waals surface area contributed by atoms with Gasteiger partial charge in [0.05, 0.1) is 18.2 Å². The molecular weight excluding hydrogens is 310 g/mol. The van der Waals surface area contributed by atoms with Crippen molar-refractivity contribution in [2.24, 2.45) is 0 Å². The number of methoxy groups -OCH3 is 1. The molecule has 0 saturated carbocycles. The molecule has 0 aliphatic heterocycles. The summed E-state index contributed by atoms with van der Waals surface area (Å²) in [6.07, 6.45) is 0.791. The second-order valence-electron chi connectivity index (χ2n) is 7.33. The maximum absolute atomic E-state index is 11.6. The Morgan fingerprint density at radius 1 is 1.00 bits per heavy atom. The number of rotatable bonds is 3. The maximum atomic E-state index is 11.6. The summed E-state index contributed by atoms with van der Waals surface area (Å²) in [4.78, 5) is 16.3. The molecule has 1 aromatic heterocycles. The number of aromatic nitrogens is 1. The Kier molecular flexibility index (Phi) is 4.58. The highest BCUT2D eigenvalue weighted by Gasteiger charge is 2.13. The van der Waals surface area contributed by atoms with E-state index in [2.05, 4.69) is 45.0 Å². The van der Waals surface area contributed by atoms with E-state index in [1.807, 2.05) is 24.3 Å². The number of benzene rings is 2.